The van der Waals surface area contributed by atoms with Crippen LogP contribution in [-0.2, 0) is 0 Å². The molecule has 1 fully saturated rings. The highest BCUT2D eigenvalue weighted by Gasteiger charge is 2.17. The van der Waals surface area contributed by atoms with E-state index in [2.05, 4.69) is 20.8 Å². The molecular weight excluding hydrogens is 180 g/mol. The first-order valence-corrected chi connectivity index (χ1v) is 7.24. The van der Waals surface area contributed by atoms with Gasteiger partial charge in [-0.15, -0.1) is 0 Å². The average Bonchev–Trinajstić information content (AvgIpc) is 2.22. The number of hydrogen-bond acceptors (Lipinski definition) is 0. The summed E-state index contributed by atoms with van der Waals surface area (Å²) < 4.78 is 0. The van der Waals surface area contributed by atoms with Crippen molar-refractivity contribution in [2.45, 2.75) is 78.6 Å². The third kappa shape index (κ3) is 5.04. The van der Waals surface area contributed by atoms with Crippen LogP contribution in [0.2, 0.25) is 0 Å². The Bertz CT molecular complexity index is 150. The monoisotopic (exact) mass is 210 g/mol. The van der Waals surface area contributed by atoms with E-state index in [9.17, 15) is 0 Å². The molecule has 3 atom stereocenters. The largest absolute Gasteiger partial charge is 0.0654 e. The fourth-order valence-electron chi connectivity index (χ4n) is 3.15. The molecule has 0 aromatic heterocycles. The second-order valence-electron chi connectivity index (χ2n) is 5.85. The Labute approximate surface area is 96.8 Å². The zero-order valence-corrected chi connectivity index (χ0v) is 11.1. The van der Waals surface area contributed by atoms with E-state index in [-0.39, 0.29) is 0 Å². The minimum absolute atomic E-state index is 0.982. The maximum absolute atomic E-state index is 2.49. The second kappa shape index (κ2) is 7.30. The van der Waals surface area contributed by atoms with E-state index in [1.807, 2.05) is 0 Å². The van der Waals surface area contributed by atoms with Gasteiger partial charge in [-0.1, -0.05) is 78.6 Å². The molecule has 90 valence electrons. The van der Waals surface area contributed by atoms with Gasteiger partial charge in [0.1, 0.15) is 0 Å². The zero-order chi connectivity index (χ0) is 11.1. The summed E-state index contributed by atoms with van der Waals surface area (Å²) in [6.45, 7) is 7.27. The normalized spacial score (nSPS) is 35.0. The van der Waals surface area contributed by atoms with Gasteiger partial charge in [0.25, 0.3) is 0 Å². The molecule has 0 spiro atoms. The molecular formula is C15H30. The molecule has 0 N–H and O–H groups in total. The van der Waals surface area contributed by atoms with Crippen molar-refractivity contribution in [2.24, 2.45) is 17.8 Å². The van der Waals surface area contributed by atoms with Gasteiger partial charge in [0, 0.05) is 0 Å². The lowest BCUT2D eigenvalue weighted by molar-refractivity contribution is 0.261. The van der Waals surface area contributed by atoms with E-state index in [1.165, 1.54) is 57.8 Å². The second-order valence-corrected chi connectivity index (χ2v) is 5.85. The van der Waals surface area contributed by atoms with Crippen molar-refractivity contribution in [3.63, 3.8) is 0 Å². The van der Waals surface area contributed by atoms with Crippen LogP contribution >= 0.6 is 0 Å². The van der Waals surface area contributed by atoms with E-state index < -0.39 is 0 Å². The summed E-state index contributed by atoms with van der Waals surface area (Å²) in [5.41, 5.74) is 0. The smallest absolute Gasteiger partial charge is 0.0389 e. The molecule has 1 aliphatic carbocycles. The van der Waals surface area contributed by atoms with Crippen LogP contribution in [0.25, 0.3) is 0 Å². The highest BCUT2D eigenvalue weighted by Crippen LogP contribution is 2.30. The molecule has 0 bridgehead atoms. The maximum atomic E-state index is 2.49. The minimum atomic E-state index is 0.982. The summed E-state index contributed by atoms with van der Waals surface area (Å²) in [7, 11) is 0. The zero-order valence-electron chi connectivity index (χ0n) is 11.1. The summed E-state index contributed by atoms with van der Waals surface area (Å²) in [4.78, 5) is 0. The molecule has 1 aliphatic rings. The van der Waals surface area contributed by atoms with Crippen LogP contribution in [0.3, 0.4) is 0 Å². The standard InChI is InChI=1S/C15H30/c1-4-8-15-12-6-5-9-13(2)10-7-11-14(15)3/h13-15H,4-12H2,1-3H3. The molecule has 0 amide bonds. The van der Waals surface area contributed by atoms with Crippen molar-refractivity contribution in [3.8, 4) is 0 Å². The van der Waals surface area contributed by atoms with Crippen LogP contribution in [-0.4, -0.2) is 0 Å². The average molecular weight is 210 g/mol. The molecule has 0 radical (unpaired) electrons. The molecule has 0 aromatic carbocycles. The predicted octanol–water partition coefficient (Wildman–Crippen LogP) is 5.42. The van der Waals surface area contributed by atoms with Crippen LogP contribution in [0.15, 0.2) is 0 Å². The third-order valence-electron chi connectivity index (χ3n) is 4.34. The lowest BCUT2D eigenvalue weighted by Gasteiger charge is -2.26. The van der Waals surface area contributed by atoms with E-state index in [0.717, 1.165) is 17.8 Å². The Morgan fingerprint density at radius 2 is 1.53 bits per heavy atom. The Morgan fingerprint density at radius 1 is 0.867 bits per heavy atom. The summed E-state index contributed by atoms with van der Waals surface area (Å²) >= 11 is 0. The van der Waals surface area contributed by atoms with Gasteiger partial charge in [-0.2, -0.15) is 0 Å². The Balaban J connectivity index is 2.38. The lowest BCUT2D eigenvalue weighted by atomic mass is 9.80. The summed E-state index contributed by atoms with van der Waals surface area (Å²) in [5.74, 6) is 3.00. The van der Waals surface area contributed by atoms with Gasteiger partial charge in [-0.3, -0.25) is 0 Å². The van der Waals surface area contributed by atoms with Crippen molar-refractivity contribution >= 4 is 0 Å². The molecule has 1 rings (SSSR count). The van der Waals surface area contributed by atoms with Crippen molar-refractivity contribution in [3.05, 3.63) is 0 Å². The van der Waals surface area contributed by atoms with Crippen molar-refractivity contribution in [1.29, 1.82) is 0 Å². The van der Waals surface area contributed by atoms with Crippen LogP contribution in [0.4, 0.5) is 0 Å². The summed E-state index contributed by atoms with van der Waals surface area (Å²) in [5, 5.41) is 0. The third-order valence-corrected chi connectivity index (χ3v) is 4.34. The number of hydrogen-bond donors (Lipinski definition) is 0. The van der Waals surface area contributed by atoms with Crippen LogP contribution < -0.4 is 0 Å². The van der Waals surface area contributed by atoms with Crippen molar-refractivity contribution < 1.29 is 0 Å². The van der Waals surface area contributed by atoms with E-state index in [1.54, 1.807) is 0 Å². The molecule has 0 aliphatic heterocycles. The molecule has 1 saturated carbocycles. The predicted molar refractivity (Wildman–Crippen MR) is 69.0 cm³/mol. The SMILES string of the molecule is CCCC1CCCCC(C)CCCC1C. The van der Waals surface area contributed by atoms with Gasteiger partial charge in [0.2, 0.25) is 0 Å². The van der Waals surface area contributed by atoms with E-state index >= 15 is 0 Å². The summed E-state index contributed by atoms with van der Waals surface area (Å²) in [6, 6.07) is 0. The van der Waals surface area contributed by atoms with Crippen LogP contribution in [0.5, 0.6) is 0 Å². The van der Waals surface area contributed by atoms with Gasteiger partial charge in [0.05, 0.1) is 0 Å². The quantitative estimate of drug-likeness (QED) is 0.571. The first-order chi connectivity index (χ1) is 7.24. The molecule has 0 heterocycles. The maximum Gasteiger partial charge on any atom is -0.0389 e. The fraction of sp³-hybridized carbons (Fsp3) is 1.00. The topological polar surface area (TPSA) is 0 Å². The van der Waals surface area contributed by atoms with Gasteiger partial charge < -0.3 is 0 Å². The van der Waals surface area contributed by atoms with Gasteiger partial charge >= 0.3 is 0 Å². The first kappa shape index (κ1) is 13.1. The van der Waals surface area contributed by atoms with E-state index in [0.29, 0.717) is 0 Å². The van der Waals surface area contributed by atoms with Crippen LogP contribution in [0, 0.1) is 17.8 Å². The Kier molecular flexibility index (Phi) is 6.36. The Morgan fingerprint density at radius 3 is 2.27 bits per heavy atom. The fourth-order valence-corrected chi connectivity index (χ4v) is 3.15. The molecule has 0 aromatic rings. The molecule has 0 heteroatoms. The summed E-state index contributed by atoms with van der Waals surface area (Å²) in [6.07, 6.45) is 13.2. The molecule has 0 saturated heterocycles. The molecule has 15 heavy (non-hydrogen) atoms. The van der Waals surface area contributed by atoms with Gasteiger partial charge in [0.15, 0.2) is 0 Å². The minimum Gasteiger partial charge on any atom is -0.0654 e. The highest BCUT2D eigenvalue weighted by atomic mass is 14.2. The first-order valence-electron chi connectivity index (χ1n) is 7.24. The molecule has 0 nitrogen and oxygen atoms in total. The highest BCUT2D eigenvalue weighted by molar-refractivity contribution is 4.69. The Hall–Kier alpha value is 0. The van der Waals surface area contributed by atoms with E-state index in [4.69, 9.17) is 0 Å². The van der Waals surface area contributed by atoms with Gasteiger partial charge in [-0.05, 0) is 17.8 Å². The lowest BCUT2D eigenvalue weighted by Crippen LogP contribution is -2.13. The van der Waals surface area contributed by atoms with Gasteiger partial charge in [-0.25, -0.2) is 0 Å². The van der Waals surface area contributed by atoms with Crippen molar-refractivity contribution in [1.82, 2.24) is 0 Å². The number of rotatable bonds is 2. The van der Waals surface area contributed by atoms with Crippen LogP contribution in [0.1, 0.15) is 78.6 Å². The molecule has 3 unspecified atom stereocenters. The van der Waals surface area contributed by atoms with Crippen molar-refractivity contribution in [2.75, 3.05) is 0 Å².